The smallest absolute Gasteiger partial charge is 0.285 e. The minimum Gasteiger partial charge on any atom is -0.378 e. The van der Waals surface area contributed by atoms with Crippen LogP contribution in [0, 0.1) is 6.08 Å². The highest BCUT2D eigenvalue weighted by atomic mass is 35.5. The van der Waals surface area contributed by atoms with Crippen LogP contribution in [0.5, 0.6) is 0 Å². The van der Waals surface area contributed by atoms with E-state index < -0.39 is 0 Å². The van der Waals surface area contributed by atoms with Gasteiger partial charge in [0.05, 0.1) is 0 Å². The third kappa shape index (κ3) is 0.827. The molecule has 0 amide bonds. The number of nitrogens with zero attached hydrogens (tertiary/aromatic N) is 1. The summed E-state index contributed by atoms with van der Waals surface area (Å²) in [5.41, 5.74) is 6.13. The van der Waals surface area contributed by atoms with Crippen LogP contribution in [0.4, 0.5) is 5.82 Å². The molecule has 0 spiro atoms. The van der Waals surface area contributed by atoms with E-state index in [1.807, 2.05) is 0 Å². The number of hydrogen-bond donors (Lipinski definition) is 1. The maximum absolute atomic E-state index is 5.79. The second kappa shape index (κ2) is 2.09. The van der Waals surface area contributed by atoms with E-state index >= 15 is 0 Å². The Balaban J connectivity index is 2.71. The topological polar surface area (TPSA) is 52.0 Å². The van der Waals surface area contributed by atoms with Gasteiger partial charge in [-0.25, -0.2) is 0 Å². The minimum atomic E-state index is 0.319. The molecule has 1 aromatic heterocycles. The van der Waals surface area contributed by atoms with Crippen LogP contribution in [0.25, 0.3) is 11.1 Å². The number of hydrogen-bond acceptors (Lipinski definition) is 3. The molecule has 1 heterocycles. The van der Waals surface area contributed by atoms with E-state index in [0.29, 0.717) is 22.2 Å². The van der Waals surface area contributed by atoms with Gasteiger partial charge in [-0.15, -0.1) is 0 Å². The standard InChI is InChI=1S/C7H4ClN2O/c8-4-2-1-3-5-6(4)7(9)10-11-5/h2-3H,(H2,9,10)/q+1. The third-order valence-corrected chi connectivity index (χ3v) is 1.71. The Morgan fingerprint density at radius 1 is 1.64 bits per heavy atom. The van der Waals surface area contributed by atoms with Crippen molar-refractivity contribution in [1.29, 1.82) is 0 Å². The normalized spacial score (nSPS) is 13.7. The lowest BCUT2D eigenvalue weighted by Gasteiger charge is -1.88. The van der Waals surface area contributed by atoms with Gasteiger partial charge in [-0.3, -0.25) is 4.52 Å². The van der Waals surface area contributed by atoms with Crippen LogP contribution in [0.15, 0.2) is 10.6 Å². The fraction of sp³-hybridized carbons (Fsp3) is 0. The number of halogens is 1. The van der Waals surface area contributed by atoms with Crippen LogP contribution in [-0.4, -0.2) is 5.16 Å². The van der Waals surface area contributed by atoms with Gasteiger partial charge in [-0.1, -0.05) is 0 Å². The van der Waals surface area contributed by atoms with E-state index in [1.165, 1.54) is 0 Å². The number of nitrogens with two attached hydrogens (primary N) is 1. The summed E-state index contributed by atoms with van der Waals surface area (Å²) in [6.45, 7) is 0. The van der Waals surface area contributed by atoms with Crippen LogP contribution in [0.3, 0.4) is 0 Å². The fourth-order valence-corrected chi connectivity index (χ4v) is 1.17. The highest BCUT2D eigenvalue weighted by molar-refractivity contribution is 6.49. The van der Waals surface area contributed by atoms with Gasteiger partial charge in [0.25, 0.3) is 5.76 Å². The number of fused-ring (bicyclic) bond motifs is 1. The second-order valence-electron chi connectivity index (χ2n) is 2.11. The summed E-state index contributed by atoms with van der Waals surface area (Å²) >= 11 is 5.79. The van der Waals surface area contributed by atoms with Crippen LogP contribution in [0.2, 0.25) is 0 Å². The first-order valence-corrected chi connectivity index (χ1v) is 3.37. The van der Waals surface area contributed by atoms with Crippen molar-refractivity contribution in [2.75, 3.05) is 5.73 Å². The van der Waals surface area contributed by atoms with E-state index in [4.69, 9.17) is 21.9 Å². The molecule has 1 aliphatic carbocycles. The molecule has 0 fully saturated rings. The number of aromatic nitrogens is 1. The molecule has 0 saturated carbocycles. The van der Waals surface area contributed by atoms with Crippen molar-refractivity contribution in [3.63, 3.8) is 0 Å². The summed E-state index contributed by atoms with van der Waals surface area (Å²) < 4.78 is 4.84. The monoisotopic (exact) mass is 167 g/mol. The SMILES string of the molecule is Nc1noc2c1C(Cl)=C[C+]=C2. The zero-order valence-corrected chi connectivity index (χ0v) is 6.22. The van der Waals surface area contributed by atoms with Crippen LogP contribution >= 0.6 is 11.6 Å². The van der Waals surface area contributed by atoms with Crippen LogP contribution in [0.1, 0.15) is 11.3 Å². The molecule has 0 aliphatic heterocycles. The molecular formula is C7H4ClN2O+. The molecule has 0 atom stereocenters. The van der Waals surface area contributed by atoms with E-state index in [-0.39, 0.29) is 0 Å². The maximum Gasteiger partial charge on any atom is 0.285 e. The molecule has 0 aromatic carbocycles. The van der Waals surface area contributed by atoms with E-state index in [9.17, 15) is 0 Å². The lowest BCUT2D eigenvalue weighted by Crippen LogP contribution is -1.90. The summed E-state index contributed by atoms with van der Waals surface area (Å²) in [4.78, 5) is 0. The first kappa shape index (κ1) is 6.40. The molecular weight excluding hydrogens is 164 g/mol. The van der Waals surface area contributed by atoms with Gasteiger partial charge >= 0.3 is 0 Å². The molecule has 0 unspecified atom stereocenters. The molecule has 2 rings (SSSR count). The van der Waals surface area contributed by atoms with Gasteiger partial charge in [0.15, 0.2) is 16.7 Å². The number of allylic oxidation sites excluding steroid dienone is 2. The largest absolute Gasteiger partial charge is 0.378 e. The molecule has 11 heavy (non-hydrogen) atoms. The van der Waals surface area contributed by atoms with Gasteiger partial charge in [0.2, 0.25) is 5.82 Å². The van der Waals surface area contributed by atoms with E-state index in [2.05, 4.69) is 11.2 Å². The predicted molar refractivity (Wildman–Crippen MR) is 42.5 cm³/mol. The predicted octanol–water partition coefficient (Wildman–Crippen LogP) is 1.67. The minimum absolute atomic E-state index is 0.319. The Hall–Kier alpha value is -1.31. The Morgan fingerprint density at radius 2 is 2.45 bits per heavy atom. The number of anilines is 1. The highest BCUT2D eigenvalue weighted by Gasteiger charge is 2.26. The summed E-state index contributed by atoms with van der Waals surface area (Å²) in [7, 11) is 0. The van der Waals surface area contributed by atoms with Crippen molar-refractivity contribution in [2.45, 2.75) is 0 Å². The molecule has 3 nitrogen and oxygen atoms in total. The Labute approximate surface area is 68.1 Å². The fourth-order valence-electron chi connectivity index (χ4n) is 0.917. The molecule has 2 N–H and O–H groups in total. The lowest BCUT2D eigenvalue weighted by atomic mass is 10.1. The lowest BCUT2D eigenvalue weighted by molar-refractivity contribution is 0.415. The molecule has 0 bridgehead atoms. The Morgan fingerprint density at radius 3 is 3.18 bits per heavy atom. The zero-order chi connectivity index (χ0) is 7.84. The van der Waals surface area contributed by atoms with Gasteiger partial charge in [0.1, 0.15) is 6.08 Å². The van der Waals surface area contributed by atoms with Crippen LogP contribution < -0.4 is 5.73 Å². The summed E-state index contributed by atoms with van der Waals surface area (Å²) in [5.74, 6) is 0.883. The van der Waals surface area contributed by atoms with Gasteiger partial charge in [0, 0.05) is 17.7 Å². The second-order valence-corrected chi connectivity index (χ2v) is 2.52. The first-order valence-electron chi connectivity index (χ1n) is 2.99. The highest BCUT2D eigenvalue weighted by Crippen LogP contribution is 2.31. The van der Waals surface area contributed by atoms with Crippen molar-refractivity contribution in [3.8, 4) is 0 Å². The van der Waals surface area contributed by atoms with Crippen molar-refractivity contribution < 1.29 is 4.52 Å². The molecule has 1 aromatic rings. The Kier molecular flexibility index (Phi) is 1.22. The maximum atomic E-state index is 5.79. The average molecular weight is 168 g/mol. The first-order chi connectivity index (χ1) is 5.29. The summed E-state index contributed by atoms with van der Waals surface area (Å²) in [6, 6.07) is 0. The van der Waals surface area contributed by atoms with Crippen molar-refractivity contribution in [2.24, 2.45) is 0 Å². The summed E-state index contributed by atoms with van der Waals surface area (Å²) in [6.07, 6.45) is 6.06. The molecule has 0 saturated heterocycles. The van der Waals surface area contributed by atoms with Gasteiger partial charge in [-0.05, 0) is 5.16 Å². The third-order valence-electron chi connectivity index (χ3n) is 1.41. The molecule has 0 radical (unpaired) electrons. The molecule has 4 heteroatoms. The van der Waals surface area contributed by atoms with E-state index in [1.54, 1.807) is 12.2 Å². The molecule has 1 aliphatic rings. The quantitative estimate of drug-likeness (QED) is 0.598. The van der Waals surface area contributed by atoms with Gasteiger partial charge in [-0.2, -0.15) is 0 Å². The number of nitrogen functional groups attached to an aromatic ring is 1. The van der Waals surface area contributed by atoms with Crippen LogP contribution in [-0.2, 0) is 0 Å². The zero-order valence-electron chi connectivity index (χ0n) is 5.47. The van der Waals surface area contributed by atoms with Crippen molar-refractivity contribution in [1.82, 2.24) is 5.16 Å². The van der Waals surface area contributed by atoms with E-state index in [0.717, 1.165) is 0 Å². The Bertz CT molecular complexity index is 351. The summed E-state index contributed by atoms with van der Waals surface area (Å²) in [5, 5.41) is 4.07. The average Bonchev–Trinajstić information content (AvgIpc) is 2.34. The van der Waals surface area contributed by atoms with Crippen molar-refractivity contribution >= 4 is 28.5 Å². The number of rotatable bonds is 0. The van der Waals surface area contributed by atoms with Gasteiger partial charge < -0.3 is 5.73 Å². The van der Waals surface area contributed by atoms with Crippen molar-refractivity contribution in [3.05, 3.63) is 23.5 Å². The molecule has 54 valence electrons.